The molecule has 0 aromatic heterocycles. The lowest BCUT2D eigenvalue weighted by atomic mass is 10.0. The molecule has 0 amide bonds. The summed E-state index contributed by atoms with van der Waals surface area (Å²) in [7, 11) is 0. The third-order valence-corrected chi connectivity index (χ3v) is 4.48. The minimum absolute atomic E-state index is 0.182. The lowest BCUT2D eigenvalue weighted by Crippen LogP contribution is -2.27. The highest BCUT2D eigenvalue weighted by Gasteiger charge is 2.29. The lowest BCUT2D eigenvalue weighted by Gasteiger charge is -2.26. The fourth-order valence-electron chi connectivity index (χ4n) is 3.32. The number of para-hydroxylation sites is 2. The molecular formula is C21H20N2O. The summed E-state index contributed by atoms with van der Waals surface area (Å²) in [6, 6.07) is 26.8. The molecule has 2 N–H and O–H groups in total. The number of nitrogens with two attached hydrogens (primary N) is 1. The van der Waals surface area contributed by atoms with Crippen LogP contribution in [-0.2, 0) is 6.54 Å². The standard InChI is InChI=1S/C21H20N2O/c22-14-21-20-13-19(24-18-9-5-2-6-10-18)12-11-16(20)15-23(21)17-7-3-1-4-8-17/h1-13,21H,14-15,22H2. The minimum atomic E-state index is 0.182. The van der Waals surface area contributed by atoms with Crippen molar-refractivity contribution in [2.24, 2.45) is 5.73 Å². The molecule has 4 rings (SSSR count). The van der Waals surface area contributed by atoms with Gasteiger partial charge in [-0.1, -0.05) is 42.5 Å². The fraction of sp³-hybridized carbons (Fsp3) is 0.143. The van der Waals surface area contributed by atoms with E-state index in [-0.39, 0.29) is 6.04 Å². The van der Waals surface area contributed by atoms with Crippen molar-refractivity contribution >= 4 is 5.69 Å². The Morgan fingerprint density at radius 2 is 1.58 bits per heavy atom. The number of anilines is 1. The third kappa shape index (κ3) is 2.74. The molecule has 1 aliphatic heterocycles. The van der Waals surface area contributed by atoms with E-state index in [4.69, 9.17) is 10.5 Å². The monoisotopic (exact) mass is 316 g/mol. The maximum absolute atomic E-state index is 6.10. The second-order valence-electron chi connectivity index (χ2n) is 5.99. The number of nitrogens with zero attached hydrogens (tertiary/aromatic N) is 1. The van der Waals surface area contributed by atoms with E-state index in [0.717, 1.165) is 18.0 Å². The molecular weight excluding hydrogens is 296 g/mol. The van der Waals surface area contributed by atoms with Crippen molar-refractivity contribution in [1.82, 2.24) is 0 Å². The highest BCUT2D eigenvalue weighted by molar-refractivity contribution is 5.56. The van der Waals surface area contributed by atoms with Crippen molar-refractivity contribution in [2.45, 2.75) is 12.6 Å². The fourth-order valence-corrected chi connectivity index (χ4v) is 3.32. The van der Waals surface area contributed by atoms with Crippen molar-refractivity contribution in [3.8, 4) is 11.5 Å². The normalized spacial score (nSPS) is 16.0. The van der Waals surface area contributed by atoms with Gasteiger partial charge in [0.25, 0.3) is 0 Å². The molecule has 24 heavy (non-hydrogen) atoms. The Balaban J connectivity index is 1.64. The number of hydrogen-bond donors (Lipinski definition) is 1. The van der Waals surface area contributed by atoms with Gasteiger partial charge in [0, 0.05) is 18.8 Å². The van der Waals surface area contributed by atoms with Crippen LogP contribution in [0.25, 0.3) is 0 Å². The van der Waals surface area contributed by atoms with Gasteiger partial charge in [-0.2, -0.15) is 0 Å². The molecule has 1 unspecified atom stereocenters. The molecule has 1 heterocycles. The number of ether oxygens (including phenoxy) is 1. The van der Waals surface area contributed by atoms with Crippen LogP contribution in [0.3, 0.4) is 0 Å². The summed E-state index contributed by atoms with van der Waals surface area (Å²) in [4.78, 5) is 2.36. The largest absolute Gasteiger partial charge is 0.457 e. The smallest absolute Gasteiger partial charge is 0.127 e. The molecule has 0 bridgehead atoms. The van der Waals surface area contributed by atoms with Gasteiger partial charge in [-0.15, -0.1) is 0 Å². The van der Waals surface area contributed by atoms with E-state index in [1.807, 2.05) is 42.5 Å². The van der Waals surface area contributed by atoms with Crippen LogP contribution in [0.1, 0.15) is 17.2 Å². The van der Waals surface area contributed by atoms with Crippen molar-refractivity contribution in [2.75, 3.05) is 11.4 Å². The van der Waals surface area contributed by atoms with Crippen LogP contribution in [0.4, 0.5) is 5.69 Å². The zero-order valence-corrected chi connectivity index (χ0v) is 13.4. The molecule has 120 valence electrons. The van der Waals surface area contributed by atoms with Gasteiger partial charge < -0.3 is 15.4 Å². The maximum atomic E-state index is 6.10. The average molecular weight is 316 g/mol. The zero-order valence-electron chi connectivity index (χ0n) is 13.4. The predicted octanol–water partition coefficient (Wildman–Crippen LogP) is 4.50. The van der Waals surface area contributed by atoms with Crippen molar-refractivity contribution in [1.29, 1.82) is 0 Å². The average Bonchev–Trinajstić information content (AvgIpc) is 3.01. The Bertz CT molecular complexity index is 818. The summed E-state index contributed by atoms with van der Waals surface area (Å²) >= 11 is 0. The molecule has 0 radical (unpaired) electrons. The van der Waals surface area contributed by atoms with Gasteiger partial charge >= 0.3 is 0 Å². The second-order valence-corrected chi connectivity index (χ2v) is 5.99. The molecule has 1 aliphatic rings. The minimum Gasteiger partial charge on any atom is -0.457 e. The molecule has 0 fully saturated rings. The molecule has 3 nitrogen and oxygen atoms in total. The molecule has 3 heteroatoms. The van der Waals surface area contributed by atoms with Crippen LogP contribution in [0.15, 0.2) is 78.9 Å². The first-order valence-corrected chi connectivity index (χ1v) is 8.22. The summed E-state index contributed by atoms with van der Waals surface area (Å²) in [5.41, 5.74) is 9.87. The molecule has 1 atom stereocenters. The molecule has 3 aromatic carbocycles. The zero-order chi connectivity index (χ0) is 16.4. The van der Waals surface area contributed by atoms with Crippen LogP contribution in [0, 0.1) is 0 Å². The first-order valence-electron chi connectivity index (χ1n) is 8.22. The third-order valence-electron chi connectivity index (χ3n) is 4.48. The highest BCUT2D eigenvalue weighted by Crippen LogP contribution is 2.39. The van der Waals surface area contributed by atoms with Crippen LogP contribution >= 0.6 is 0 Å². The Hall–Kier alpha value is -2.78. The van der Waals surface area contributed by atoms with Crippen LogP contribution < -0.4 is 15.4 Å². The van der Waals surface area contributed by atoms with Crippen molar-refractivity contribution < 1.29 is 4.74 Å². The van der Waals surface area contributed by atoms with Crippen molar-refractivity contribution in [3.63, 3.8) is 0 Å². The Labute approximate surface area is 142 Å². The van der Waals surface area contributed by atoms with Crippen molar-refractivity contribution in [3.05, 3.63) is 90.0 Å². The van der Waals surface area contributed by atoms with E-state index >= 15 is 0 Å². The first-order chi connectivity index (χ1) is 11.8. The SMILES string of the molecule is NCC1c2cc(Oc3ccccc3)ccc2CN1c1ccccc1. The van der Waals surface area contributed by atoms with E-state index < -0.39 is 0 Å². The summed E-state index contributed by atoms with van der Waals surface area (Å²) in [5.74, 6) is 1.70. The van der Waals surface area contributed by atoms with Gasteiger partial charge in [0.2, 0.25) is 0 Å². The first kappa shape index (κ1) is 14.8. The predicted molar refractivity (Wildman–Crippen MR) is 97.4 cm³/mol. The van der Waals surface area contributed by atoms with E-state index in [1.165, 1.54) is 16.8 Å². The number of rotatable bonds is 4. The van der Waals surface area contributed by atoms with E-state index in [9.17, 15) is 0 Å². The van der Waals surface area contributed by atoms with E-state index in [1.54, 1.807) is 0 Å². The summed E-state index contributed by atoms with van der Waals surface area (Å²) in [6.45, 7) is 1.46. The van der Waals surface area contributed by atoms with Crippen LogP contribution in [0.2, 0.25) is 0 Å². The molecule has 0 aliphatic carbocycles. The van der Waals surface area contributed by atoms with Crippen LogP contribution in [-0.4, -0.2) is 6.54 Å². The number of hydrogen-bond acceptors (Lipinski definition) is 3. The van der Waals surface area contributed by atoms with Gasteiger partial charge in [-0.05, 0) is 47.5 Å². The molecule has 0 saturated heterocycles. The van der Waals surface area contributed by atoms with Gasteiger partial charge in [0.15, 0.2) is 0 Å². The van der Waals surface area contributed by atoms with Gasteiger partial charge in [0.05, 0.1) is 6.04 Å². The van der Waals surface area contributed by atoms with Gasteiger partial charge in [-0.3, -0.25) is 0 Å². The molecule has 0 saturated carbocycles. The summed E-state index contributed by atoms with van der Waals surface area (Å²) in [6.07, 6.45) is 0. The van der Waals surface area contributed by atoms with Crippen LogP contribution in [0.5, 0.6) is 11.5 Å². The topological polar surface area (TPSA) is 38.5 Å². The Kier molecular flexibility index (Phi) is 3.93. The Morgan fingerprint density at radius 3 is 2.29 bits per heavy atom. The lowest BCUT2D eigenvalue weighted by molar-refractivity contribution is 0.481. The summed E-state index contributed by atoms with van der Waals surface area (Å²) in [5, 5.41) is 0. The molecule has 3 aromatic rings. The second kappa shape index (κ2) is 6.38. The Morgan fingerprint density at radius 1 is 0.875 bits per heavy atom. The molecule has 0 spiro atoms. The number of benzene rings is 3. The maximum Gasteiger partial charge on any atom is 0.127 e. The van der Waals surface area contributed by atoms with Gasteiger partial charge in [0.1, 0.15) is 11.5 Å². The number of fused-ring (bicyclic) bond motifs is 1. The summed E-state index contributed by atoms with van der Waals surface area (Å²) < 4.78 is 5.98. The highest BCUT2D eigenvalue weighted by atomic mass is 16.5. The van der Waals surface area contributed by atoms with E-state index in [0.29, 0.717) is 6.54 Å². The van der Waals surface area contributed by atoms with Gasteiger partial charge in [-0.25, -0.2) is 0 Å². The van der Waals surface area contributed by atoms with E-state index in [2.05, 4.69) is 41.3 Å². The quantitative estimate of drug-likeness (QED) is 0.770.